The summed E-state index contributed by atoms with van der Waals surface area (Å²) in [4.78, 5) is 29.8. The number of hydrogen-bond donors (Lipinski definition) is 1. The predicted octanol–water partition coefficient (Wildman–Crippen LogP) is 0.647. The molecule has 1 aromatic heterocycles. The van der Waals surface area contributed by atoms with Crippen molar-refractivity contribution >= 4 is 12.1 Å². The third kappa shape index (κ3) is 3.27. The van der Waals surface area contributed by atoms with E-state index < -0.39 is 0 Å². The third-order valence-corrected chi connectivity index (χ3v) is 3.39. The number of likely N-dealkylation sites (N-methyl/N-ethyl adjacent to an activating group) is 1. The maximum absolute atomic E-state index is 11.9. The number of aromatic nitrogens is 1. The average molecular weight is 249 g/mol. The zero-order chi connectivity index (χ0) is 13.0. The highest BCUT2D eigenvalue weighted by molar-refractivity contribution is 5.95. The van der Waals surface area contributed by atoms with Crippen LogP contribution in [0.4, 0.5) is 0 Å². The lowest BCUT2D eigenvalue weighted by Gasteiger charge is -2.32. The van der Waals surface area contributed by atoms with Gasteiger partial charge in [-0.3, -0.25) is 9.59 Å². The van der Waals surface area contributed by atoms with Crippen LogP contribution in [0.1, 0.15) is 27.4 Å². The minimum absolute atomic E-state index is 0.0713. The summed E-state index contributed by atoms with van der Waals surface area (Å²) in [5, 5.41) is 0. The molecule has 18 heavy (non-hydrogen) atoms. The Morgan fingerprint density at radius 3 is 2.67 bits per heavy atom. The van der Waals surface area contributed by atoms with Crippen molar-refractivity contribution in [2.45, 2.75) is 6.42 Å². The van der Waals surface area contributed by atoms with E-state index in [1.165, 1.54) is 0 Å². The Morgan fingerprint density at radius 2 is 2.06 bits per heavy atom. The number of carbonyl (C=O) groups is 2. The molecule has 0 aliphatic carbocycles. The minimum Gasteiger partial charge on any atom is -0.350 e. The van der Waals surface area contributed by atoms with Crippen LogP contribution in [0.2, 0.25) is 0 Å². The van der Waals surface area contributed by atoms with Crippen molar-refractivity contribution in [3.05, 3.63) is 23.5 Å². The molecule has 0 bridgehead atoms. The minimum atomic E-state index is 0.0713. The number of Topliss-reactive ketones (excluding diaryl/α,β-unsaturated/α-hetero) is 1. The van der Waals surface area contributed by atoms with Crippen molar-refractivity contribution in [2.24, 2.45) is 0 Å². The Kier molecular flexibility index (Phi) is 4.28. The topological polar surface area (TPSA) is 56.4 Å². The second-order valence-electron chi connectivity index (χ2n) is 4.76. The fourth-order valence-corrected chi connectivity index (χ4v) is 2.11. The fraction of sp³-hybridized carbons (Fsp3) is 0.538. The van der Waals surface area contributed by atoms with E-state index in [2.05, 4.69) is 21.8 Å². The molecule has 0 radical (unpaired) electrons. The molecular weight excluding hydrogens is 230 g/mol. The number of H-pyrrole nitrogens is 1. The summed E-state index contributed by atoms with van der Waals surface area (Å²) >= 11 is 0. The van der Waals surface area contributed by atoms with Crippen molar-refractivity contribution in [1.82, 2.24) is 14.8 Å². The molecule has 5 heteroatoms. The SMILES string of the molecule is CN1CCN(CCC(=O)c2ccc(C=O)[nH]2)CC1. The zero-order valence-electron chi connectivity index (χ0n) is 10.7. The maximum atomic E-state index is 11.9. The Labute approximate surface area is 107 Å². The molecule has 0 saturated carbocycles. The summed E-state index contributed by atoms with van der Waals surface area (Å²) in [5.74, 6) is 0.0713. The van der Waals surface area contributed by atoms with Gasteiger partial charge in [0.25, 0.3) is 0 Å². The van der Waals surface area contributed by atoms with Crippen molar-refractivity contribution < 1.29 is 9.59 Å². The summed E-state index contributed by atoms with van der Waals surface area (Å²) in [7, 11) is 2.11. The molecule has 2 rings (SSSR count). The lowest BCUT2D eigenvalue weighted by atomic mass is 10.2. The number of rotatable bonds is 5. The lowest BCUT2D eigenvalue weighted by molar-refractivity contribution is 0.0937. The molecule has 98 valence electrons. The Bertz CT molecular complexity index is 420. The van der Waals surface area contributed by atoms with Gasteiger partial charge in [-0.2, -0.15) is 0 Å². The number of nitrogens with one attached hydrogen (secondary N) is 1. The van der Waals surface area contributed by atoms with Gasteiger partial charge >= 0.3 is 0 Å². The summed E-state index contributed by atoms with van der Waals surface area (Å²) in [6.45, 7) is 4.96. The van der Waals surface area contributed by atoms with Gasteiger partial charge < -0.3 is 14.8 Å². The van der Waals surface area contributed by atoms with Gasteiger partial charge in [0.15, 0.2) is 12.1 Å². The zero-order valence-corrected chi connectivity index (χ0v) is 10.7. The monoisotopic (exact) mass is 249 g/mol. The van der Waals surface area contributed by atoms with Crippen molar-refractivity contribution in [1.29, 1.82) is 0 Å². The molecular formula is C13H19N3O2. The molecule has 1 saturated heterocycles. The summed E-state index contributed by atoms with van der Waals surface area (Å²) in [5.41, 5.74) is 0.990. The van der Waals surface area contributed by atoms with Gasteiger partial charge in [-0.15, -0.1) is 0 Å². The summed E-state index contributed by atoms with van der Waals surface area (Å²) in [6.07, 6.45) is 1.22. The van der Waals surface area contributed by atoms with E-state index in [1.807, 2.05) is 0 Å². The molecule has 5 nitrogen and oxygen atoms in total. The van der Waals surface area contributed by atoms with Crippen LogP contribution in [0.5, 0.6) is 0 Å². The Morgan fingerprint density at radius 1 is 1.33 bits per heavy atom. The number of carbonyl (C=O) groups excluding carboxylic acids is 2. The molecule has 1 aliphatic rings. The highest BCUT2D eigenvalue weighted by Gasteiger charge is 2.15. The normalized spacial score (nSPS) is 17.8. The van der Waals surface area contributed by atoms with E-state index in [9.17, 15) is 9.59 Å². The number of aldehydes is 1. The lowest BCUT2D eigenvalue weighted by Crippen LogP contribution is -2.45. The first-order valence-corrected chi connectivity index (χ1v) is 6.27. The van der Waals surface area contributed by atoms with E-state index in [1.54, 1.807) is 12.1 Å². The number of ketones is 1. The highest BCUT2D eigenvalue weighted by Crippen LogP contribution is 2.06. The molecule has 2 heterocycles. The highest BCUT2D eigenvalue weighted by atomic mass is 16.1. The van der Waals surface area contributed by atoms with E-state index >= 15 is 0 Å². The number of nitrogens with zero attached hydrogens (tertiary/aromatic N) is 2. The quantitative estimate of drug-likeness (QED) is 0.615. The molecule has 1 N–H and O–H groups in total. The molecule has 0 unspecified atom stereocenters. The van der Waals surface area contributed by atoms with Crippen LogP contribution in [-0.2, 0) is 0 Å². The molecule has 1 aliphatic heterocycles. The van der Waals surface area contributed by atoms with Crippen LogP contribution >= 0.6 is 0 Å². The van der Waals surface area contributed by atoms with Crippen molar-refractivity contribution in [3.8, 4) is 0 Å². The van der Waals surface area contributed by atoms with Crippen molar-refractivity contribution in [2.75, 3.05) is 39.8 Å². The van der Waals surface area contributed by atoms with E-state index in [0.29, 0.717) is 17.8 Å². The predicted molar refractivity (Wildman–Crippen MR) is 69.1 cm³/mol. The first-order chi connectivity index (χ1) is 8.69. The van der Waals surface area contributed by atoms with Gasteiger partial charge in [-0.1, -0.05) is 0 Å². The van der Waals surface area contributed by atoms with Gasteiger partial charge in [-0.05, 0) is 19.2 Å². The summed E-state index contributed by atoms with van der Waals surface area (Å²) in [6, 6.07) is 3.31. The molecule has 1 aromatic rings. The van der Waals surface area contributed by atoms with Crippen LogP contribution < -0.4 is 0 Å². The first kappa shape index (κ1) is 13.0. The van der Waals surface area contributed by atoms with Gasteiger partial charge in [-0.25, -0.2) is 0 Å². The largest absolute Gasteiger partial charge is 0.350 e. The second kappa shape index (κ2) is 5.93. The molecule has 0 aromatic carbocycles. The summed E-state index contributed by atoms with van der Waals surface area (Å²) < 4.78 is 0. The molecule has 0 amide bonds. The van der Waals surface area contributed by atoms with Gasteiger partial charge in [0, 0.05) is 39.1 Å². The smallest absolute Gasteiger partial charge is 0.180 e. The number of piperazine rings is 1. The molecule has 0 spiro atoms. The van der Waals surface area contributed by atoms with Gasteiger partial charge in [0.2, 0.25) is 0 Å². The van der Waals surface area contributed by atoms with Crippen molar-refractivity contribution in [3.63, 3.8) is 0 Å². The van der Waals surface area contributed by atoms with Gasteiger partial charge in [0.1, 0.15) is 0 Å². The van der Waals surface area contributed by atoms with Crippen LogP contribution in [0.25, 0.3) is 0 Å². The van der Waals surface area contributed by atoms with E-state index in [-0.39, 0.29) is 5.78 Å². The average Bonchev–Trinajstić information content (AvgIpc) is 2.86. The van der Waals surface area contributed by atoms with Crippen LogP contribution in [0.15, 0.2) is 12.1 Å². The van der Waals surface area contributed by atoms with E-state index in [0.717, 1.165) is 39.0 Å². The number of hydrogen-bond acceptors (Lipinski definition) is 4. The maximum Gasteiger partial charge on any atom is 0.180 e. The molecule has 1 fully saturated rings. The first-order valence-electron chi connectivity index (χ1n) is 6.27. The van der Waals surface area contributed by atoms with Crippen LogP contribution in [-0.4, -0.2) is 66.6 Å². The van der Waals surface area contributed by atoms with Crippen LogP contribution in [0, 0.1) is 0 Å². The molecule has 0 atom stereocenters. The van der Waals surface area contributed by atoms with E-state index in [4.69, 9.17) is 0 Å². The second-order valence-corrected chi connectivity index (χ2v) is 4.76. The third-order valence-electron chi connectivity index (χ3n) is 3.39. The Balaban J connectivity index is 1.79. The Hall–Kier alpha value is -1.46. The fourth-order valence-electron chi connectivity index (χ4n) is 2.11. The van der Waals surface area contributed by atoms with Gasteiger partial charge in [0.05, 0.1) is 11.4 Å². The number of aromatic amines is 1. The van der Waals surface area contributed by atoms with Crippen LogP contribution in [0.3, 0.4) is 0 Å². The standard InChI is InChI=1S/C13H19N3O2/c1-15-6-8-16(9-7-15)5-4-13(18)12-3-2-11(10-17)14-12/h2-3,10,14H,4-9H2,1H3.